The average Bonchev–Trinajstić information content (AvgIpc) is 2.81. The molecule has 0 saturated carbocycles. The zero-order chi connectivity index (χ0) is 12.3. The number of aliphatic hydroxyl groups is 1. The summed E-state index contributed by atoms with van der Waals surface area (Å²) in [6.07, 6.45) is 2.68. The quantitative estimate of drug-likeness (QED) is 0.829. The van der Waals surface area contributed by atoms with Crippen molar-refractivity contribution in [1.29, 1.82) is 0 Å². The Bertz CT molecular complexity index is 507. The lowest BCUT2D eigenvalue weighted by molar-refractivity contribution is 0.0696. The zero-order valence-electron chi connectivity index (χ0n) is 9.02. The SMILES string of the molecule is O=C(O)c1cnn(C(CO)c2ccccc2)c1. The number of aromatic nitrogens is 2. The van der Waals surface area contributed by atoms with Gasteiger partial charge in [0.1, 0.15) is 0 Å². The van der Waals surface area contributed by atoms with Crippen molar-refractivity contribution in [3.8, 4) is 0 Å². The normalized spacial score (nSPS) is 12.3. The molecule has 0 fully saturated rings. The van der Waals surface area contributed by atoms with E-state index in [1.54, 1.807) is 0 Å². The van der Waals surface area contributed by atoms with E-state index in [0.29, 0.717) is 0 Å². The van der Waals surface area contributed by atoms with Crippen LogP contribution in [-0.4, -0.2) is 32.6 Å². The van der Waals surface area contributed by atoms with Crippen molar-refractivity contribution >= 4 is 5.97 Å². The number of rotatable bonds is 4. The minimum Gasteiger partial charge on any atom is -0.478 e. The molecule has 0 radical (unpaired) electrons. The molecule has 5 nitrogen and oxygen atoms in total. The minimum atomic E-state index is -1.03. The number of hydrogen-bond acceptors (Lipinski definition) is 3. The van der Waals surface area contributed by atoms with Crippen molar-refractivity contribution in [3.05, 3.63) is 53.9 Å². The molecule has 0 aliphatic rings. The number of carboxylic acids is 1. The second-order valence-electron chi connectivity index (χ2n) is 3.62. The number of benzene rings is 1. The van der Waals surface area contributed by atoms with Crippen LogP contribution in [0.25, 0.3) is 0 Å². The molecular weight excluding hydrogens is 220 g/mol. The predicted octanol–water partition coefficient (Wildman–Crippen LogP) is 1.16. The van der Waals surface area contributed by atoms with Gasteiger partial charge in [0.05, 0.1) is 24.4 Å². The fourth-order valence-corrected chi connectivity index (χ4v) is 1.64. The van der Waals surface area contributed by atoms with Crippen LogP contribution in [0.3, 0.4) is 0 Å². The van der Waals surface area contributed by atoms with Crippen LogP contribution in [0, 0.1) is 0 Å². The van der Waals surface area contributed by atoms with Gasteiger partial charge in [0.25, 0.3) is 0 Å². The Hall–Kier alpha value is -2.14. The van der Waals surface area contributed by atoms with Crippen LogP contribution in [0.1, 0.15) is 22.0 Å². The van der Waals surface area contributed by atoms with E-state index in [1.165, 1.54) is 17.1 Å². The van der Waals surface area contributed by atoms with Crippen molar-refractivity contribution < 1.29 is 15.0 Å². The van der Waals surface area contributed by atoms with Crippen LogP contribution in [0.4, 0.5) is 0 Å². The minimum absolute atomic E-state index is 0.111. The number of carbonyl (C=O) groups is 1. The first-order chi connectivity index (χ1) is 8.22. The van der Waals surface area contributed by atoms with Crippen LogP contribution in [0.15, 0.2) is 42.7 Å². The Morgan fingerprint density at radius 2 is 2.06 bits per heavy atom. The molecule has 2 aromatic rings. The van der Waals surface area contributed by atoms with Gasteiger partial charge >= 0.3 is 5.97 Å². The summed E-state index contributed by atoms with van der Waals surface area (Å²) in [6.45, 7) is -0.134. The van der Waals surface area contributed by atoms with E-state index in [0.717, 1.165) is 5.56 Å². The lowest BCUT2D eigenvalue weighted by Gasteiger charge is -2.14. The van der Waals surface area contributed by atoms with Crippen molar-refractivity contribution in [2.75, 3.05) is 6.61 Å². The van der Waals surface area contributed by atoms with Gasteiger partial charge in [0.2, 0.25) is 0 Å². The molecule has 5 heteroatoms. The molecule has 1 heterocycles. The van der Waals surface area contributed by atoms with Crippen LogP contribution in [0.2, 0.25) is 0 Å². The van der Waals surface area contributed by atoms with Crippen molar-refractivity contribution in [3.63, 3.8) is 0 Å². The average molecular weight is 232 g/mol. The summed E-state index contributed by atoms with van der Waals surface area (Å²) in [7, 11) is 0. The number of aromatic carboxylic acids is 1. The molecule has 0 amide bonds. The molecule has 2 N–H and O–H groups in total. The van der Waals surface area contributed by atoms with E-state index in [2.05, 4.69) is 5.10 Å². The highest BCUT2D eigenvalue weighted by atomic mass is 16.4. The molecule has 1 aromatic heterocycles. The van der Waals surface area contributed by atoms with E-state index >= 15 is 0 Å². The van der Waals surface area contributed by atoms with E-state index in [1.807, 2.05) is 30.3 Å². The summed E-state index contributed by atoms with van der Waals surface area (Å²) in [6, 6.07) is 8.97. The molecule has 0 saturated heterocycles. The first-order valence-electron chi connectivity index (χ1n) is 5.15. The fourth-order valence-electron chi connectivity index (χ4n) is 1.64. The highest BCUT2D eigenvalue weighted by Gasteiger charge is 2.15. The second kappa shape index (κ2) is 4.80. The molecule has 0 aliphatic carbocycles. The first-order valence-corrected chi connectivity index (χ1v) is 5.15. The summed E-state index contributed by atoms with van der Waals surface area (Å²) < 4.78 is 1.46. The van der Waals surface area contributed by atoms with Crippen LogP contribution < -0.4 is 0 Å². The Morgan fingerprint density at radius 3 is 2.59 bits per heavy atom. The number of hydrogen-bond donors (Lipinski definition) is 2. The highest BCUT2D eigenvalue weighted by molar-refractivity contribution is 5.86. The second-order valence-corrected chi connectivity index (χ2v) is 3.62. The molecule has 0 spiro atoms. The molecule has 88 valence electrons. The van der Waals surface area contributed by atoms with Gasteiger partial charge in [0, 0.05) is 6.20 Å². The van der Waals surface area contributed by atoms with E-state index in [-0.39, 0.29) is 18.2 Å². The third kappa shape index (κ3) is 2.34. The lowest BCUT2D eigenvalue weighted by Crippen LogP contribution is -2.15. The van der Waals surface area contributed by atoms with Gasteiger partial charge in [-0.05, 0) is 5.56 Å². The molecule has 0 bridgehead atoms. The van der Waals surface area contributed by atoms with Crippen LogP contribution in [-0.2, 0) is 0 Å². The molecule has 2 rings (SSSR count). The molecule has 0 aliphatic heterocycles. The third-order valence-electron chi connectivity index (χ3n) is 2.53. The summed E-state index contributed by atoms with van der Waals surface area (Å²) in [5.74, 6) is -1.03. The monoisotopic (exact) mass is 232 g/mol. The number of nitrogens with zero attached hydrogens (tertiary/aromatic N) is 2. The first kappa shape index (κ1) is 11.3. The largest absolute Gasteiger partial charge is 0.478 e. The Kier molecular flexibility index (Phi) is 3.20. The zero-order valence-corrected chi connectivity index (χ0v) is 9.02. The van der Waals surface area contributed by atoms with Gasteiger partial charge in [-0.2, -0.15) is 5.10 Å². The standard InChI is InChI=1S/C12H12N2O3/c15-8-11(9-4-2-1-3-5-9)14-7-10(6-13-14)12(16)17/h1-7,11,15H,8H2,(H,16,17). The van der Waals surface area contributed by atoms with Gasteiger partial charge in [0.15, 0.2) is 0 Å². The van der Waals surface area contributed by atoms with Crippen molar-refractivity contribution in [2.24, 2.45) is 0 Å². The Morgan fingerprint density at radius 1 is 1.35 bits per heavy atom. The number of aliphatic hydroxyl groups excluding tert-OH is 1. The summed E-state index contributed by atoms with van der Waals surface area (Å²) in [5, 5.41) is 22.1. The lowest BCUT2D eigenvalue weighted by atomic mass is 10.1. The Balaban J connectivity index is 2.32. The van der Waals surface area contributed by atoms with E-state index < -0.39 is 5.97 Å². The highest BCUT2D eigenvalue weighted by Crippen LogP contribution is 2.17. The smallest absolute Gasteiger partial charge is 0.338 e. The van der Waals surface area contributed by atoms with Gasteiger partial charge in [-0.25, -0.2) is 4.79 Å². The summed E-state index contributed by atoms with van der Waals surface area (Å²) >= 11 is 0. The van der Waals surface area contributed by atoms with Crippen LogP contribution >= 0.6 is 0 Å². The van der Waals surface area contributed by atoms with Crippen LogP contribution in [0.5, 0.6) is 0 Å². The fraction of sp³-hybridized carbons (Fsp3) is 0.167. The molecule has 1 unspecified atom stereocenters. The Labute approximate surface area is 97.9 Å². The predicted molar refractivity (Wildman–Crippen MR) is 60.9 cm³/mol. The molecule has 1 atom stereocenters. The topological polar surface area (TPSA) is 75.3 Å². The van der Waals surface area contributed by atoms with Gasteiger partial charge in [-0.1, -0.05) is 30.3 Å². The summed E-state index contributed by atoms with van der Waals surface area (Å²) in [5.41, 5.74) is 0.995. The maximum absolute atomic E-state index is 10.7. The van der Waals surface area contributed by atoms with Crippen molar-refractivity contribution in [1.82, 2.24) is 9.78 Å². The number of carboxylic acid groups (broad SMARTS) is 1. The third-order valence-corrected chi connectivity index (χ3v) is 2.53. The molecular formula is C12H12N2O3. The maximum Gasteiger partial charge on any atom is 0.338 e. The summed E-state index contributed by atoms with van der Waals surface area (Å²) in [4.78, 5) is 10.7. The van der Waals surface area contributed by atoms with Gasteiger partial charge in [-0.15, -0.1) is 0 Å². The molecule has 17 heavy (non-hydrogen) atoms. The molecule has 1 aromatic carbocycles. The maximum atomic E-state index is 10.7. The van der Waals surface area contributed by atoms with Gasteiger partial charge < -0.3 is 10.2 Å². The van der Waals surface area contributed by atoms with E-state index in [4.69, 9.17) is 5.11 Å². The van der Waals surface area contributed by atoms with Crippen molar-refractivity contribution in [2.45, 2.75) is 6.04 Å². The van der Waals surface area contributed by atoms with E-state index in [9.17, 15) is 9.90 Å². The van der Waals surface area contributed by atoms with Gasteiger partial charge in [-0.3, -0.25) is 4.68 Å².